The Balaban J connectivity index is 1.55. The molecule has 0 saturated carbocycles. The number of nitrogens with zero attached hydrogens (tertiary/aromatic N) is 1. The lowest BCUT2D eigenvalue weighted by Crippen LogP contribution is -2.28. The van der Waals surface area contributed by atoms with Crippen LogP contribution in [0.3, 0.4) is 0 Å². The first-order valence-electron chi connectivity index (χ1n) is 12.3. The second-order valence-electron chi connectivity index (χ2n) is 9.24. The summed E-state index contributed by atoms with van der Waals surface area (Å²) in [4.78, 5) is 15.0. The number of benzene rings is 4. The van der Waals surface area contributed by atoms with Crippen LogP contribution < -0.4 is 5.32 Å². The number of hydrogen-bond donors (Lipinski definition) is 1. The van der Waals surface area contributed by atoms with Crippen molar-refractivity contribution < 1.29 is 4.79 Å². The van der Waals surface area contributed by atoms with Crippen molar-refractivity contribution in [3.05, 3.63) is 120 Å². The summed E-state index contributed by atoms with van der Waals surface area (Å²) in [5.41, 5.74) is 7.06. The van der Waals surface area contributed by atoms with Gasteiger partial charge in [0.05, 0.1) is 0 Å². The van der Waals surface area contributed by atoms with Crippen LogP contribution in [-0.4, -0.2) is 38.0 Å². The lowest BCUT2D eigenvalue weighted by atomic mass is 9.86. The summed E-state index contributed by atoms with van der Waals surface area (Å²) in [7, 11) is 4.10. The smallest absolute Gasteiger partial charge is 0.220 e. The molecular weight excluding hydrogens is 428 g/mol. The Morgan fingerprint density at radius 1 is 0.657 bits per heavy atom. The molecule has 1 N–H and O–H groups in total. The average Bonchev–Trinajstić information content (AvgIpc) is 2.91. The number of nitrogens with one attached hydrogen (secondary N) is 1. The molecule has 0 fully saturated rings. The van der Waals surface area contributed by atoms with Crippen LogP contribution in [0.25, 0.3) is 22.3 Å². The molecule has 178 valence electrons. The van der Waals surface area contributed by atoms with Crippen molar-refractivity contribution in [2.75, 3.05) is 27.2 Å². The van der Waals surface area contributed by atoms with Crippen LogP contribution in [-0.2, 0) is 4.79 Å². The molecule has 0 atom stereocenters. The summed E-state index contributed by atoms with van der Waals surface area (Å²) < 4.78 is 0. The molecule has 0 saturated heterocycles. The molecule has 0 aliphatic carbocycles. The largest absolute Gasteiger partial charge is 0.356 e. The van der Waals surface area contributed by atoms with Gasteiger partial charge in [-0.15, -0.1) is 0 Å². The predicted molar refractivity (Wildman–Crippen MR) is 146 cm³/mol. The highest BCUT2D eigenvalue weighted by molar-refractivity contribution is 5.78. The Bertz CT molecular complexity index is 1100. The van der Waals surface area contributed by atoms with Gasteiger partial charge in [0.15, 0.2) is 0 Å². The zero-order chi connectivity index (χ0) is 24.5. The number of carbonyl (C=O) groups excluding carboxylic acids is 1. The summed E-state index contributed by atoms with van der Waals surface area (Å²) in [5, 5.41) is 3.12. The molecule has 4 aromatic rings. The van der Waals surface area contributed by atoms with Gasteiger partial charge in [-0.05, 0) is 60.4 Å². The summed E-state index contributed by atoms with van der Waals surface area (Å²) in [5.74, 6) is 0.0894. The van der Waals surface area contributed by atoms with E-state index < -0.39 is 0 Å². The molecule has 3 heteroatoms. The van der Waals surface area contributed by atoms with Crippen molar-refractivity contribution >= 4 is 5.91 Å². The summed E-state index contributed by atoms with van der Waals surface area (Å²) in [6.07, 6.45) is 1.37. The molecule has 0 spiro atoms. The third-order valence-electron chi connectivity index (χ3n) is 6.33. The van der Waals surface area contributed by atoms with Gasteiger partial charge < -0.3 is 10.2 Å². The van der Waals surface area contributed by atoms with Gasteiger partial charge in [-0.2, -0.15) is 0 Å². The average molecular weight is 463 g/mol. The van der Waals surface area contributed by atoms with E-state index in [1.165, 1.54) is 22.3 Å². The Hall–Kier alpha value is -3.69. The third kappa shape index (κ3) is 6.91. The van der Waals surface area contributed by atoms with Crippen molar-refractivity contribution in [2.24, 2.45) is 0 Å². The maximum atomic E-state index is 12.9. The number of carbonyl (C=O) groups is 1. The molecule has 4 rings (SSSR count). The van der Waals surface area contributed by atoms with E-state index in [0.717, 1.165) is 24.1 Å². The fourth-order valence-electron chi connectivity index (χ4n) is 4.39. The standard InChI is InChI=1S/C32H34N2O/c1-34(2)23-9-22-33-32(35)24-31(29-18-14-27(15-19-29)25-10-5-3-6-11-25)30-20-16-28(17-21-30)26-12-7-4-8-13-26/h3-8,10-21,31H,9,22-24H2,1-2H3,(H,33,35). The van der Waals surface area contributed by atoms with Gasteiger partial charge in [0.25, 0.3) is 0 Å². The van der Waals surface area contributed by atoms with E-state index in [4.69, 9.17) is 0 Å². The molecule has 0 aliphatic heterocycles. The van der Waals surface area contributed by atoms with Crippen LogP contribution in [0.5, 0.6) is 0 Å². The molecule has 0 heterocycles. The van der Waals surface area contributed by atoms with E-state index in [1.54, 1.807) is 0 Å². The van der Waals surface area contributed by atoms with Gasteiger partial charge in [-0.25, -0.2) is 0 Å². The first kappa shape index (κ1) is 24.4. The maximum Gasteiger partial charge on any atom is 0.220 e. The molecule has 0 aromatic heterocycles. The van der Waals surface area contributed by atoms with E-state index in [0.29, 0.717) is 13.0 Å². The zero-order valence-electron chi connectivity index (χ0n) is 20.7. The quantitative estimate of drug-likeness (QED) is 0.269. The Labute approximate surface area is 209 Å². The van der Waals surface area contributed by atoms with E-state index in [1.807, 2.05) is 12.1 Å². The fourth-order valence-corrected chi connectivity index (χ4v) is 4.39. The topological polar surface area (TPSA) is 32.3 Å². The molecule has 0 radical (unpaired) electrons. The van der Waals surface area contributed by atoms with Crippen molar-refractivity contribution in [3.8, 4) is 22.3 Å². The highest BCUT2D eigenvalue weighted by Gasteiger charge is 2.19. The zero-order valence-corrected chi connectivity index (χ0v) is 20.7. The summed E-state index contributed by atoms with van der Waals surface area (Å²) >= 11 is 0. The van der Waals surface area contributed by atoms with Gasteiger partial charge in [-0.3, -0.25) is 4.79 Å². The summed E-state index contributed by atoms with van der Waals surface area (Å²) in [6, 6.07) is 38.1. The van der Waals surface area contributed by atoms with E-state index >= 15 is 0 Å². The minimum Gasteiger partial charge on any atom is -0.356 e. The first-order chi connectivity index (χ1) is 17.1. The first-order valence-corrected chi connectivity index (χ1v) is 12.3. The second kappa shape index (κ2) is 12.1. The third-order valence-corrected chi connectivity index (χ3v) is 6.33. The molecule has 0 bridgehead atoms. The molecule has 3 nitrogen and oxygen atoms in total. The van der Waals surface area contributed by atoms with Gasteiger partial charge in [-0.1, -0.05) is 109 Å². The predicted octanol–water partition coefficient (Wildman–Crippen LogP) is 6.61. The SMILES string of the molecule is CN(C)CCCNC(=O)CC(c1ccc(-c2ccccc2)cc1)c1ccc(-c2ccccc2)cc1. The van der Waals surface area contributed by atoms with Gasteiger partial charge in [0.1, 0.15) is 0 Å². The number of rotatable bonds is 10. The lowest BCUT2D eigenvalue weighted by molar-refractivity contribution is -0.121. The maximum absolute atomic E-state index is 12.9. The lowest BCUT2D eigenvalue weighted by Gasteiger charge is -2.19. The Morgan fingerprint density at radius 2 is 1.09 bits per heavy atom. The summed E-state index contributed by atoms with van der Waals surface area (Å²) in [6.45, 7) is 1.66. The molecule has 0 aliphatic rings. The molecular formula is C32H34N2O. The normalized spacial score (nSPS) is 11.1. The Kier molecular flexibility index (Phi) is 8.48. The molecule has 0 unspecified atom stereocenters. The molecule has 35 heavy (non-hydrogen) atoms. The minimum atomic E-state index is -0.00139. The van der Waals surface area contributed by atoms with E-state index in [9.17, 15) is 4.79 Å². The van der Waals surface area contributed by atoms with Crippen LogP contribution in [0.15, 0.2) is 109 Å². The van der Waals surface area contributed by atoms with Crippen LogP contribution in [0.1, 0.15) is 29.9 Å². The van der Waals surface area contributed by atoms with Crippen molar-refractivity contribution in [1.29, 1.82) is 0 Å². The van der Waals surface area contributed by atoms with Gasteiger partial charge >= 0.3 is 0 Å². The van der Waals surface area contributed by atoms with Crippen molar-refractivity contribution in [1.82, 2.24) is 10.2 Å². The highest BCUT2D eigenvalue weighted by atomic mass is 16.1. The van der Waals surface area contributed by atoms with E-state index in [-0.39, 0.29) is 11.8 Å². The van der Waals surface area contributed by atoms with Crippen LogP contribution in [0, 0.1) is 0 Å². The van der Waals surface area contributed by atoms with Crippen LogP contribution in [0.4, 0.5) is 0 Å². The van der Waals surface area contributed by atoms with Crippen molar-refractivity contribution in [3.63, 3.8) is 0 Å². The van der Waals surface area contributed by atoms with E-state index in [2.05, 4.69) is 121 Å². The number of amides is 1. The monoisotopic (exact) mass is 462 g/mol. The highest BCUT2D eigenvalue weighted by Crippen LogP contribution is 2.31. The van der Waals surface area contributed by atoms with Crippen LogP contribution in [0.2, 0.25) is 0 Å². The van der Waals surface area contributed by atoms with Crippen molar-refractivity contribution in [2.45, 2.75) is 18.8 Å². The Morgan fingerprint density at radius 3 is 1.51 bits per heavy atom. The van der Waals surface area contributed by atoms with Gasteiger partial charge in [0.2, 0.25) is 5.91 Å². The fraction of sp³-hybridized carbons (Fsp3) is 0.219. The van der Waals surface area contributed by atoms with Crippen LogP contribution >= 0.6 is 0 Å². The minimum absolute atomic E-state index is 0.00139. The number of hydrogen-bond acceptors (Lipinski definition) is 2. The molecule has 4 aromatic carbocycles. The molecule has 1 amide bonds. The second-order valence-corrected chi connectivity index (χ2v) is 9.24. The van der Waals surface area contributed by atoms with Gasteiger partial charge in [0, 0.05) is 18.9 Å².